The quantitative estimate of drug-likeness (QED) is 0.140. The number of anilines is 3. The van der Waals surface area contributed by atoms with Crippen molar-refractivity contribution in [1.82, 2.24) is 0 Å². The molecule has 2 unspecified atom stereocenters. The van der Waals surface area contributed by atoms with Gasteiger partial charge in [-0.1, -0.05) is 237 Å². The predicted molar refractivity (Wildman–Crippen MR) is 285 cm³/mol. The molecule has 0 bridgehead atoms. The van der Waals surface area contributed by atoms with Crippen LogP contribution in [-0.2, 0) is 0 Å². The SMILES string of the molecule is C1=CC2=CC=CC(c3cc(N(c4ccc(-c5ccccc5)c(-c5cccc6ccccc56)c4)c4ccc(-c5ccccc5)c(-c5cccc6ccccc56)c4)ccc3-c3ccccc3)C2C=C1. The highest BCUT2D eigenvalue weighted by Gasteiger charge is 2.29. The lowest BCUT2D eigenvalue weighted by molar-refractivity contribution is 0.671. The molecule has 10 aromatic carbocycles. The Morgan fingerprint density at radius 2 is 0.746 bits per heavy atom. The fourth-order valence-electron chi connectivity index (χ4n) is 10.5. The van der Waals surface area contributed by atoms with E-state index >= 15 is 0 Å². The fourth-order valence-corrected chi connectivity index (χ4v) is 10.5. The Bertz CT molecular complexity index is 3400. The minimum absolute atomic E-state index is 0.136. The molecule has 10 aromatic rings. The van der Waals surface area contributed by atoms with Crippen LogP contribution >= 0.6 is 0 Å². The van der Waals surface area contributed by atoms with E-state index in [0.717, 1.165) is 17.1 Å². The molecule has 0 saturated carbocycles. The molecule has 0 saturated heterocycles. The van der Waals surface area contributed by atoms with Crippen molar-refractivity contribution in [3.8, 4) is 55.6 Å². The molecular weight excluding hydrogens is 807 g/mol. The van der Waals surface area contributed by atoms with Gasteiger partial charge in [0.1, 0.15) is 0 Å². The third-order valence-corrected chi connectivity index (χ3v) is 13.7. The van der Waals surface area contributed by atoms with Crippen LogP contribution in [0.2, 0.25) is 0 Å². The molecule has 0 fully saturated rings. The van der Waals surface area contributed by atoms with Crippen LogP contribution in [0.3, 0.4) is 0 Å². The Hall–Kier alpha value is -8.52. The number of nitrogens with zero attached hydrogens (tertiary/aromatic N) is 1. The molecule has 2 aliphatic carbocycles. The molecule has 0 heterocycles. The molecule has 67 heavy (non-hydrogen) atoms. The van der Waals surface area contributed by atoms with Crippen LogP contribution in [0.1, 0.15) is 11.5 Å². The van der Waals surface area contributed by atoms with Gasteiger partial charge >= 0.3 is 0 Å². The van der Waals surface area contributed by atoms with Gasteiger partial charge in [-0.3, -0.25) is 0 Å². The van der Waals surface area contributed by atoms with Gasteiger partial charge in [0, 0.05) is 28.9 Å². The van der Waals surface area contributed by atoms with Crippen molar-refractivity contribution in [3.05, 3.63) is 284 Å². The summed E-state index contributed by atoms with van der Waals surface area (Å²) in [6, 6.07) is 84.7. The van der Waals surface area contributed by atoms with Crippen LogP contribution in [-0.4, -0.2) is 0 Å². The average molecular weight is 854 g/mol. The zero-order valence-electron chi connectivity index (χ0n) is 37.1. The zero-order valence-corrected chi connectivity index (χ0v) is 37.1. The highest BCUT2D eigenvalue weighted by atomic mass is 15.1. The van der Waals surface area contributed by atoms with Crippen LogP contribution < -0.4 is 4.90 Å². The Labute approximate surface area is 393 Å². The molecule has 0 aliphatic heterocycles. The first-order chi connectivity index (χ1) is 33.2. The van der Waals surface area contributed by atoms with E-state index in [2.05, 4.69) is 278 Å². The monoisotopic (exact) mass is 853 g/mol. The lowest BCUT2D eigenvalue weighted by atomic mass is 9.74. The van der Waals surface area contributed by atoms with Crippen molar-refractivity contribution in [3.63, 3.8) is 0 Å². The first-order valence-corrected chi connectivity index (χ1v) is 23.3. The van der Waals surface area contributed by atoms with Gasteiger partial charge in [0.25, 0.3) is 0 Å². The topological polar surface area (TPSA) is 3.24 Å². The van der Waals surface area contributed by atoms with E-state index in [-0.39, 0.29) is 11.8 Å². The van der Waals surface area contributed by atoms with Crippen LogP contribution in [0.25, 0.3) is 77.2 Å². The number of allylic oxidation sites excluding steroid dienone is 8. The van der Waals surface area contributed by atoms with Crippen molar-refractivity contribution in [2.24, 2.45) is 5.92 Å². The van der Waals surface area contributed by atoms with Gasteiger partial charge in [-0.05, 0) is 125 Å². The van der Waals surface area contributed by atoms with Crippen molar-refractivity contribution in [2.45, 2.75) is 5.92 Å². The van der Waals surface area contributed by atoms with Crippen molar-refractivity contribution < 1.29 is 0 Å². The van der Waals surface area contributed by atoms with Crippen molar-refractivity contribution in [2.75, 3.05) is 4.90 Å². The molecular formula is C66H47N. The summed E-state index contributed by atoms with van der Waals surface area (Å²) in [5, 5.41) is 4.90. The van der Waals surface area contributed by atoms with Gasteiger partial charge in [0.15, 0.2) is 0 Å². The van der Waals surface area contributed by atoms with E-state index in [9.17, 15) is 0 Å². The number of hydrogen-bond donors (Lipinski definition) is 0. The van der Waals surface area contributed by atoms with E-state index < -0.39 is 0 Å². The van der Waals surface area contributed by atoms with Gasteiger partial charge in [0.2, 0.25) is 0 Å². The summed E-state index contributed by atoms with van der Waals surface area (Å²) in [6.45, 7) is 0. The molecule has 2 aliphatic rings. The maximum atomic E-state index is 2.49. The number of rotatable bonds is 9. The van der Waals surface area contributed by atoms with E-state index in [4.69, 9.17) is 0 Å². The van der Waals surface area contributed by atoms with Crippen molar-refractivity contribution in [1.29, 1.82) is 0 Å². The van der Waals surface area contributed by atoms with E-state index in [1.165, 1.54) is 88.3 Å². The summed E-state index contributed by atoms with van der Waals surface area (Å²) in [5.74, 6) is 0.365. The fraction of sp³-hybridized carbons (Fsp3) is 0.0303. The van der Waals surface area contributed by atoms with Gasteiger partial charge in [-0.25, -0.2) is 0 Å². The summed E-state index contributed by atoms with van der Waals surface area (Å²) < 4.78 is 0. The summed E-state index contributed by atoms with van der Waals surface area (Å²) in [7, 11) is 0. The summed E-state index contributed by atoms with van der Waals surface area (Å²) in [5.41, 5.74) is 17.9. The maximum Gasteiger partial charge on any atom is 0.0468 e. The lowest BCUT2D eigenvalue weighted by Crippen LogP contribution is -2.17. The molecule has 0 amide bonds. The first-order valence-electron chi connectivity index (χ1n) is 23.3. The second kappa shape index (κ2) is 17.5. The smallest absolute Gasteiger partial charge is 0.0468 e. The molecule has 0 N–H and O–H groups in total. The van der Waals surface area contributed by atoms with Crippen LogP contribution in [0.15, 0.2) is 279 Å². The minimum Gasteiger partial charge on any atom is -0.310 e. The van der Waals surface area contributed by atoms with Gasteiger partial charge in [-0.2, -0.15) is 0 Å². The highest BCUT2D eigenvalue weighted by molar-refractivity contribution is 6.04. The molecule has 1 heteroatoms. The van der Waals surface area contributed by atoms with E-state index in [1.54, 1.807) is 0 Å². The Morgan fingerprint density at radius 3 is 1.30 bits per heavy atom. The minimum atomic E-state index is 0.136. The molecule has 2 atom stereocenters. The standard InChI is InChI=1S/C66H47N/c1-4-19-46(20-5-1)58-40-37-52(43-64(58)61-34-16-28-49-25-10-13-31-55(49)61)67(53-38-41-59(47-21-6-2-7-22-47)65(44-53)62-35-17-29-50-26-11-14-32-56(50)62)54-39-42-60(48-23-8-3-9-24-48)66(45-54)63-36-18-30-51-27-12-15-33-57(51)63/h1-45,55,61H. The third-order valence-electron chi connectivity index (χ3n) is 13.7. The molecule has 316 valence electrons. The van der Waals surface area contributed by atoms with Gasteiger partial charge in [-0.15, -0.1) is 0 Å². The summed E-state index contributed by atoms with van der Waals surface area (Å²) in [4.78, 5) is 2.49. The molecule has 0 radical (unpaired) electrons. The molecule has 1 nitrogen and oxygen atoms in total. The average Bonchev–Trinajstić information content (AvgIpc) is 3.41. The normalized spacial score (nSPS) is 15.1. The first kappa shape index (κ1) is 40.0. The Balaban J connectivity index is 1.14. The Morgan fingerprint density at radius 1 is 0.299 bits per heavy atom. The third kappa shape index (κ3) is 7.51. The van der Waals surface area contributed by atoms with Crippen LogP contribution in [0, 0.1) is 5.92 Å². The highest BCUT2D eigenvalue weighted by Crippen LogP contribution is 2.48. The number of benzene rings is 10. The number of fused-ring (bicyclic) bond motifs is 3. The maximum absolute atomic E-state index is 2.49. The second-order valence-corrected chi connectivity index (χ2v) is 17.6. The van der Waals surface area contributed by atoms with E-state index in [0.29, 0.717) is 0 Å². The zero-order chi connectivity index (χ0) is 44.5. The van der Waals surface area contributed by atoms with Gasteiger partial charge < -0.3 is 4.90 Å². The second-order valence-electron chi connectivity index (χ2n) is 17.6. The Kier molecular flexibility index (Phi) is 10.4. The molecule has 0 spiro atoms. The van der Waals surface area contributed by atoms with E-state index in [1.807, 2.05) is 0 Å². The predicted octanol–water partition coefficient (Wildman–Crippen LogP) is 18.1. The van der Waals surface area contributed by atoms with Crippen molar-refractivity contribution >= 4 is 38.6 Å². The summed E-state index contributed by atoms with van der Waals surface area (Å²) in [6.07, 6.45) is 15.9. The molecule has 12 rings (SSSR count). The lowest BCUT2D eigenvalue weighted by Gasteiger charge is -2.32. The number of hydrogen-bond acceptors (Lipinski definition) is 1. The largest absolute Gasteiger partial charge is 0.310 e. The van der Waals surface area contributed by atoms with Crippen LogP contribution in [0.4, 0.5) is 17.1 Å². The molecule has 0 aromatic heterocycles. The van der Waals surface area contributed by atoms with Gasteiger partial charge in [0.05, 0.1) is 0 Å². The van der Waals surface area contributed by atoms with Crippen LogP contribution in [0.5, 0.6) is 0 Å². The summed E-state index contributed by atoms with van der Waals surface area (Å²) >= 11 is 0.